The van der Waals surface area contributed by atoms with E-state index in [1.807, 2.05) is 36.4 Å². The van der Waals surface area contributed by atoms with Crippen molar-refractivity contribution in [2.24, 2.45) is 46.3 Å². The van der Waals surface area contributed by atoms with Gasteiger partial charge in [0.15, 0.2) is 0 Å². The molecule has 240 valence electrons. The Bertz CT molecular complexity index is 1420. The summed E-state index contributed by atoms with van der Waals surface area (Å²) in [6, 6.07) is 18.2. The molecule has 1 N–H and O–H groups in total. The van der Waals surface area contributed by atoms with Gasteiger partial charge in [0.1, 0.15) is 18.0 Å². The zero-order chi connectivity index (χ0) is 31.9. The van der Waals surface area contributed by atoms with E-state index in [0.717, 1.165) is 19.3 Å². The van der Waals surface area contributed by atoms with E-state index in [1.165, 1.54) is 0 Å². The fourth-order valence-electron chi connectivity index (χ4n) is 10.3. The van der Waals surface area contributed by atoms with Gasteiger partial charge in [0, 0.05) is 30.6 Å². The molecule has 45 heavy (non-hydrogen) atoms. The van der Waals surface area contributed by atoms with Crippen molar-refractivity contribution in [1.29, 1.82) is 0 Å². The van der Waals surface area contributed by atoms with Crippen molar-refractivity contribution < 1.29 is 33.8 Å². The zero-order valence-corrected chi connectivity index (χ0v) is 26.7. The minimum Gasteiger partial charge on any atom is -0.481 e. The van der Waals surface area contributed by atoms with Crippen molar-refractivity contribution in [2.45, 2.75) is 90.8 Å². The molecule has 7 heteroatoms. The molecule has 0 saturated heterocycles. The molecule has 0 aliphatic heterocycles. The first kappa shape index (κ1) is 31.5. The molecule has 0 heterocycles. The second-order valence-corrected chi connectivity index (χ2v) is 14.7. The maximum Gasteiger partial charge on any atom is 0.338 e. The second-order valence-electron chi connectivity index (χ2n) is 14.7. The first-order valence-corrected chi connectivity index (χ1v) is 16.8. The highest BCUT2D eigenvalue weighted by molar-refractivity contribution is 5.90. The van der Waals surface area contributed by atoms with Crippen LogP contribution in [0, 0.1) is 46.3 Å². The molecule has 0 spiro atoms. The van der Waals surface area contributed by atoms with Crippen molar-refractivity contribution in [2.75, 3.05) is 0 Å². The molecular weight excluding hydrogens is 568 g/mol. The lowest BCUT2D eigenvalue weighted by Crippen LogP contribution is -2.63. The summed E-state index contributed by atoms with van der Waals surface area (Å²) in [4.78, 5) is 51.5. The predicted octanol–water partition coefficient (Wildman–Crippen LogP) is 7.39. The predicted molar refractivity (Wildman–Crippen MR) is 168 cm³/mol. The number of esters is 2. The van der Waals surface area contributed by atoms with Crippen molar-refractivity contribution in [3.8, 4) is 0 Å². The van der Waals surface area contributed by atoms with E-state index in [1.54, 1.807) is 24.3 Å². The van der Waals surface area contributed by atoms with Gasteiger partial charge in [-0.15, -0.1) is 0 Å². The molecule has 7 nitrogen and oxygen atoms in total. The SMILES string of the molecule is C[C@H](CCC(=O)O)[C@H]1CC[C@H]2[C@@H]3[C@H](OC(=O)c4ccccc4)CC4CC(=O)CC[C@]4(C)[C@H]3C[C@H](OC(=O)c3ccccc3)[C@]12C. The monoisotopic (exact) mass is 614 g/mol. The lowest BCUT2D eigenvalue weighted by atomic mass is 9.43. The van der Waals surface area contributed by atoms with Gasteiger partial charge in [-0.25, -0.2) is 9.59 Å². The number of benzene rings is 2. The van der Waals surface area contributed by atoms with Crippen LogP contribution in [0.5, 0.6) is 0 Å². The Morgan fingerprint density at radius 2 is 1.51 bits per heavy atom. The fraction of sp³-hybridized carbons (Fsp3) is 0.579. The number of carbonyl (C=O) groups is 4. The molecule has 2 aromatic carbocycles. The fourth-order valence-corrected chi connectivity index (χ4v) is 10.3. The summed E-state index contributed by atoms with van der Waals surface area (Å²) in [5.41, 5.74) is 0.468. The van der Waals surface area contributed by atoms with E-state index in [0.29, 0.717) is 43.2 Å². The number of hydrogen-bond donors (Lipinski definition) is 1. The Morgan fingerprint density at radius 1 is 0.889 bits per heavy atom. The number of fused-ring (bicyclic) bond motifs is 5. The highest BCUT2D eigenvalue weighted by atomic mass is 16.5. The summed E-state index contributed by atoms with van der Waals surface area (Å²) in [7, 11) is 0. The van der Waals surface area contributed by atoms with E-state index < -0.39 is 11.4 Å². The molecule has 4 aliphatic rings. The maximum absolute atomic E-state index is 13.7. The van der Waals surface area contributed by atoms with Crippen LogP contribution in [-0.2, 0) is 19.1 Å². The third kappa shape index (κ3) is 5.72. The van der Waals surface area contributed by atoms with Crippen LogP contribution in [0.15, 0.2) is 60.7 Å². The van der Waals surface area contributed by atoms with Crippen LogP contribution in [0.3, 0.4) is 0 Å². The molecule has 4 fully saturated rings. The van der Waals surface area contributed by atoms with E-state index in [4.69, 9.17) is 9.47 Å². The second kappa shape index (κ2) is 12.4. The Morgan fingerprint density at radius 3 is 2.13 bits per heavy atom. The molecule has 0 bridgehead atoms. The van der Waals surface area contributed by atoms with E-state index in [2.05, 4.69) is 20.8 Å². The van der Waals surface area contributed by atoms with E-state index in [-0.39, 0.29) is 77.3 Å². The molecule has 6 rings (SSSR count). The molecule has 1 unspecified atom stereocenters. The molecule has 0 radical (unpaired) electrons. The van der Waals surface area contributed by atoms with E-state index >= 15 is 0 Å². The van der Waals surface area contributed by atoms with Crippen LogP contribution in [0.4, 0.5) is 0 Å². The Balaban J connectivity index is 1.40. The van der Waals surface area contributed by atoms with Crippen LogP contribution >= 0.6 is 0 Å². The molecule has 2 aromatic rings. The Kier molecular flexibility index (Phi) is 8.66. The summed E-state index contributed by atoms with van der Waals surface area (Å²) < 4.78 is 13.0. The smallest absolute Gasteiger partial charge is 0.338 e. The summed E-state index contributed by atoms with van der Waals surface area (Å²) >= 11 is 0. The van der Waals surface area contributed by atoms with Gasteiger partial charge in [-0.3, -0.25) is 9.59 Å². The van der Waals surface area contributed by atoms with Crippen LogP contribution in [0.1, 0.15) is 99.3 Å². The number of ether oxygens (including phenoxy) is 2. The number of hydrogen-bond acceptors (Lipinski definition) is 6. The van der Waals surface area contributed by atoms with Gasteiger partial charge in [-0.2, -0.15) is 0 Å². The molecule has 10 atom stereocenters. The summed E-state index contributed by atoms with van der Waals surface area (Å²) in [5.74, 6) is -0.567. The molecular formula is C38H46O7. The van der Waals surface area contributed by atoms with Gasteiger partial charge in [-0.05, 0) is 97.8 Å². The lowest BCUT2D eigenvalue weighted by Gasteiger charge is -2.63. The average Bonchev–Trinajstić information content (AvgIpc) is 3.39. The molecule has 4 aliphatic carbocycles. The van der Waals surface area contributed by atoms with Gasteiger partial charge in [-0.1, -0.05) is 57.2 Å². The van der Waals surface area contributed by atoms with Gasteiger partial charge in [0.25, 0.3) is 0 Å². The van der Waals surface area contributed by atoms with Crippen molar-refractivity contribution in [3.63, 3.8) is 0 Å². The molecule has 0 aromatic heterocycles. The van der Waals surface area contributed by atoms with Crippen molar-refractivity contribution in [3.05, 3.63) is 71.8 Å². The number of carbonyl (C=O) groups excluding carboxylic acids is 3. The average molecular weight is 615 g/mol. The lowest BCUT2D eigenvalue weighted by molar-refractivity contribution is -0.201. The topological polar surface area (TPSA) is 107 Å². The standard InChI is InChI=1S/C38H46O7/c1-23(14-17-33(40)41)28-15-16-29-34-30(22-32(38(28,29)3)45-36(43)25-12-8-5-9-13-25)37(2)19-18-27(39)20-26(37)21-31(34)44-35(42)24-10-6-4-7-11-24/h4-13,23,26,28-32,34H,14-22H2,1-3H3,(H,40,41)/t23-,26?,28-,29+,30+,31-,32+,34+,37+,38-/m1/s1. The van der Waals surface area contributed by atoms with Crippen molar-refractivity contribution >= 4 is 23.7 Å². The minimum atomic E-state index is -0.803. The number of carboxylic acid groups (broad SMARTS) is 1. The van der Waals surface area contributed by atoms with Gasteiger partial charge in [0.05, 0.1) is 11.1 Å². The van der Waals surface area contributed by atoms with Crippen LogP contribution in [-0.4, -0.2) is 41.0 Å². The highest BCUT2D eigenvalue weighted by Gasteiger charge is 2.67. The van der Waals surface area contributed by atoms with Crippen LogP contribution in [0.25, 0.3) is 0 Å². The van der Waals surface area contributed by atoms with Crippen molar-refractivity contribution in [1.82, 2.24) is 0 Å². The summed E-state index contributed by atoms with van der Waals surface area (Å²) in [5, 5.41) is 9.48. The number of ketones is 1. The Labute approximate surface area is 266 Å². The Hall–Kier alpha value is -3.48. The summed E-state index contributed by atoms with van der Waals surface area (Å²) in [6.07, 6.45) is 4.86. The first-order chi connectivity index (χ1) is 21.5. The van der Waals surface area contributed by atoms with Gasteiger partial charge < -0.3 is 14.6 Å². The van der Waals surface area contributed by atoms with E-state index in [9.17, 15) is 24.3 Å². The number of Topliss-reactive ketones (excluding diaryl/α,β-unsaturated/α-hetero) is 1. The van der Waals surface area contributed by atoms with Gasteiger partial charge >= 0.3 is 17.9 Å². The largest absolute Gasteiger partial charge is 0.481 e. The maximum atomic E-state index is 13.7. The summed E-state index contributed by atoms with van der Waals surface area (Å²) in [6.45, 7) is 6.71. The quantitative estimate of drug-likeness (QED) is 0.309. The normalized spacial score (nSPS) is 36.2. The number of carboxylic acids is 1. The zero-order valence-electron chi connectivity index (χ0n) is 26.7. The first-order valence-electron chi connectivity index (χ1n) is 16.8. The highest BCUT2D eigenvalue weighted by Crippen LogP contribution is 2.69. The molecule has 4 saturated carbocycles. The molecule has 0 amide bonds. The van der Waals surface area contributed by atoms with Crippen LogP contribution < -0.4 is 0 Å². The van der Waals surface area contributed by atoms with Gasteiger partial charge in [0.2, 0.25) is 0 Å². The number of aliphatic carboxylic acids is 1. The third-order valence-corrected chi connectivity index (χ3v) is 12.6. The third-order valence-electron chi connectivity index (χ3n) is 12.6. The number of rotatable bonds is 8. The van der Waals surface area contributed by atoms with Crippen LogP contribution in [0.2, 0.25) is 0 Å². The minimum absolute atomic E-state index is 0.0560.